The van der Waals surface area contributed by atoms with Gasteiger partial charge in [0.15, 0.2) is 11.6 Å². The third-order valence-electron chi connectivity index (χ3n) is 6.59. The fourth-order valence-electron chi connectivity index (χ4n) is 4.52. The normalized spacial score (nSPS) is 21.2. The summed E-state index contributed by atoms with van der Waals surface area (Å²) in [5.74, 6) is 0.597. The number of hydrogen-bond acceptors (Lipinski definition) is 8. The number of halogens is 2. The van der Waals surface area contributed by atoms with Crippen molar-refractivity contribution in [3.8, 4) is 5.75 Å². The highest BCUT2D eigenvalue weighted by Crippen LogP contribution is 2.45. The molecule has 2 atom stereocenters. The van der Waals surface area contributed by atoms with Crippen LogP contribution >= 0.6 is 23.2 Å². The number of morpholine rings is 1. The maximum absolute atomic E-state index is 13.8. The summed E-state index contributed by atoms with van der Waals surface area (Å²) >= 11 is 12.7. The van der Waals surface area contributed by atoms with E-state index in [1.165, 1.54) is 0 Å². The summed E-state index contributed by atoms with van der Waals surface area (Å²) in [7, 11) is 0. The van der Waals surface area contributed by atoms with Crippen molar-refractivity contribution in [3.63, 3.8) is 0 Å². The Morgan fingerprint density at radius 3 is 2.69 bits per heavy atom. The number of nitrogens with one attached hydrogen (secondary N) is 2. The Morgan fingerprint density at radius 1 is 1.23 bits per heavy atom. The molecule has 1 amide bonds. The first-order valence-corrected chi connectivity index (χ1v) is 13.7. The zero-order valence-electron chi connectivity index (χ0n) is 21.7. The quantitative estimate of drug-likeness (QED) is 0.190. The maximum atomic E-state index is 13.8. The molecule has 4 rings (SSSR count). The molecule has 0 bridgehead atoms. The van der Waals surface area contributed by atoms with E-state index in [0.29, 0.717) is 65.6 Å². The number of aliphatic hydroxyl groups is 1. The van der Waals surface area contributed by atoms with Crippen molar-refractivity contribution >= 4 is 35.0 Å². The van der Waals surface area contributed by atoms with Gasteiger partial charge in [0, 0.05) is 66.8 Å². The molecule has 11 heteroatoms. The predicted octanol–water partition coefficient (Wildman–Crippen LogP) is 3.54. The SMILES string of the molecule is C=CC[C@]1(C(=O)NNCCN2CCOCC2)N=C(c2ccc(OCCCO)cc2)O[C@H]1c1ccc(Cl)cc1Cl. The van der Waals surface area contributed by atoms with E-state index in [1.54, 1.807) is 36.4 Å². The number of carbonyl (C=O) groups excluding carboxylic acids is 1. The number of benzene rings is 2. The van der Waals surface area contributed by atoms with Gasteiger partial charge in [0.1, 0.15) is 5.75 Å². The summed E-state index contributed by atoms with van der Waals surface area (Å²) in [4.78, 5) is 20.9. The first-order chi connectivity index (χ1) is 19.0. The van der Waals surface area contributed by atoms with Gasteiger partial charge < -0.3 is 19.3 Å². The topological polar surface area (TPSA) is 105 Å². The van der Waals surface area contributed by atoms with Crippen molar-refractivity contribution in [2.24, 2.45) is 4.99 Å². The molecule has 2 aromatic rings. The van der Waals surface area contributed by atoms with Crippen LogP contribution < -0.4 is 15.6 Å². The zero-order chi connectivity index (χ0) is 27.7. The third kappa shape index (κ3) is 7.30. The van der Waals surface area contributed by atoms with Crippen LogP contribution in [-0.2, 0) is 14.3 Å². The van der Waals surface area contributed by atoms with E-state index in [-0.39, 0.29) is 18.9 Å². The smallest absolute Gasteiger partial charge is 0.266 e. The fraction of sp³-hybridized carbons (Fsp3) is 0.429. The van der Waals surface area contributed by atoms with E-state index >= 15 is 0 Å². The summed E-state index contributed by atoms with van der Waals surface area (Å²) in [6, 6.07) is 12.3. The molecule has 0 saturated carbocycles. The molecule has 9 nitrogen and oxygen atoms in total. The molecule has 2 heterocycles. The van der Waals surface area contributed by atoms with E-state index < -0.39 is 11.6 Å². The molecule has 2 aliphatic rings. The van der Waals surface area contributed by atoms with Gasteiger partial charge in [-0.25, -0.2) is 10.4 Å². The summed E-state index contributed by atoms with van der Waals surface area (Å²) in [6.07, 6.45) is 1.58. The Bertz CT molecular complexity index is 1160. The number of aliphatic hydroxyl groups excluding tert-OH is 1. The lowest BCUT2D eigenvalue weighted by molar-refractivity contribution is -0.129. The number of ether oxygens (including phenoxy) is 3. The molecule has 0 spiro atoms. The first-order valence-electron chi connectivity index (χ1n) is 13.0. The van der Waals surface area contributed by atoms with Crippen LogP contribution in [0.25, 0.3) is 0 Å². The number of aliphatic imine (C=N–C) groups is 1. The number of hydrazine groups is 1. The summed E-state index contributed by atoms with van der Waals surface area (Å²) in [5.41, 5.74) is 5.79. The van der Waals surface area contributed by atoms with Gasteiger partial charge in [0.2, 0.25) is 5.90 Å². The lowest BCUT2D eigenvalue weighted by Gasteiger charge is -2.30. The molecule has 1 fully saturated rings. The minimum Gasteiger partial charge on any atom is -0.494 e. The summed E-state index contributed by atoms with van der Waals surface area (Å²) in [5, 5.41) is 9.82. The molecule has 0 aliphatic carbocycles. The minimum absolute atomic E-state index is 0.0624. The van der Waals surface area contributed by atoms with Gasteiger partial charge in [-0.05, 0) is 36.4 Å². The highest BCUT2D eigenvalue weighted by molar-refractivity contribution is 6.35. The van der Waals surface area contributed by atoms with E-state index in [0.717, 1.165) is 19.6 Å². The van der Waals surface area contributed by atoms with Gasteiger partial charge in [0.25, 0.3) is 5.91 Å². The monoisotopic (exact) mass is 576 g/mol. The highest BCUT2D eigenvalue weighted by atomic mass is 35.5. The zero-order valence-corrected chi connectivity index (χ0v) is 23.2. The molecule has 2 aliphatic heterocycles. The largest absolute Gasteiger partial charge is 0.494 e. The van der Waals surface area contributed by atoms with Crippen molar-refractivity contribution in [2.75, 3.05) is 52.6 Å². The van der Waals surface area contributed by atoms with Crippen LogP contribution in [0.4, 0.5) is 0 Å². The van der Waals surface area contributed by atoms with Gasteiger partial charge >= 0.3 is 0 Å². The molecular weight excluding hydrogens is 543 g/mol. The maximum Gasteiger partial charge on any atom is 0.266 e. The third-order valence-corrected chi connectivity index (χ3v) is 7.15. The Kier molecular flexibility index (Phi) is 10.6. The number of amides is 1. The van der Waals surface area contributed by atoms with Crippen molar-refractivity contribution in [1.29, 1.82) is 0 Å². The van der Waals surface area contributed by atoms with E-state index in [9.17, 15) is 4.79 Å². The number of carbonyl (C=O) groups is 1. The predicted molar refractivity (Wildman–Crippen MR) is 151 cm³/mol. The van der Waals surface area contributed by atoms with Crippen LogP contribution in [0.3, 0.4) is 0 Å². The lowest BCUT2D eigenvalue weighted by Crippen LogP contribution is -2.54. The van der Waals surface area contributed by atoms with Gasteiger partial charge in [-0.1, -0.05) is 35.3 Å². The molecule has 3 N–H and O–H groups in total. The average Bonchev–Trinajstić information content (AvgIpc) is 3.32. The lowest BCUT2D eigenvalue weighted by atomic mass is 9.84. The molecule has 0 aromatic heterocycles. The summed E-state index contributed by atoms with van der Waals surface area (Å²) < 4.78 is 17.4. The van der Waals surface area contributed by atoms with Crippen LogP contribution in [0.5, 0.6) is 5.75 Å². The minimum atomic E-state index is -1.36. The average molecular weight is 578 g/mol. The van der Waals surface area contributed by atoms with E-state index in [4.69, 9.17) is 47.5 Å². The Balaban J connectivity index is 1.57. The van der Waals surface area contributed by atoms with Crippen LogP contribution in [0.1, 0.15) is 30.1 Å². The Hall–Kier alpha value is -2.66. The second-order valence-electron chi connectivity index (χ2n) is 9.28. The van der Waals surface area contributed by atoms with Crippen molar-refractivity contribution in [2.45, 2.75) is 24.5 Å². The number of nitrogens with zero attached hydrogens (tertiary/aromatic N) is 2. The highest BCUT2D eigenvalue weighted by Gasteiger charge is 2.53. The van der Waals surface area contributed by atoms with Crippen molar-refractivity contribution in [3.05, 3.63) is 76.3 Å². The van der Waals surface area contributed by atoms with Gasteiger partial charge in [-0.15, -0.1) is 6.58 Å². The first kappa shape index (κ1) is 29.3. The Labute approximate surface area is 238 Å². The second kappa shape index (κ2) is 14.1. The standard InChI is InChI=1S/C28H34Cl2N4O5/c1-2-10-28(27(36)33-31-11-12-34-13-17-37-18-14-34)25(23-9-6-21(29)19-24(23)30)39-26(32-28)20-4-7-22(8-5-20)38-16-3-15-35/h2,4-9,19,25,31,35H,1,3,10-18H2,(H,33,36)/t25-,28-/m0/s1. The summed E-state index contributed by atoms with van der Waals surface area (Å²) in [6.45, 7) is 8.82. The molecule has 39 heavy (non-hydrogen) atoms. The molecule has 0 radical (unpaired) electrons. The molecular formula is C28H34Cl2N4O5. The van der Waals surface area contributed by atoms with Gasteiger partial charge in [0.05, 0.1) is 19.8 Å². The molecule has 2 aromatic carbocycles. The van der Waals surface area contributed by atoms with Crippen molar-refractivity contribution in [1.82, 2.24) is 15.8 Å². The second-order valence-corrected chi connectivity index (χ2v) is 10.1. The van der Waals surface area contributed by atoms with Gasteiger partial charge in [-0.3, -0.25) is 15.1 Å². The number of rotatable bonds is 13. The van der Waals surface area contributed by atoms with Crippen LogP contribution in [0.2, 0.25) is 10.0 Å². The van der Waals surface area contributed by atoms with Crippen LogP contribution in [-0.4, -0.2) is 80.0 Å². The fourth-order valence-corrected chi connectivity index (χ4v) is 5.02. The van der Waals surface area contributed by atoms with Crippen molar-refractivity contribution < 1.29 is 24.1 Å². The van der Waals surface area contributed by atoms with E-state index in [2.05, 4.69) is 22.3 Å². The van der Waals surface area contributed by atoms with Crippen LogP contribution in [0.15, 0.2) is 60.1 Å². The molecule has 210 valence electrons. The van der Waals surface area contributed by atoms with E-state index in [1.807, 2.05) is 12.1 Å². The molecule has 1 saturated heterocycles. The van der Waals surface area contributed by atoms with Crippen LogP contribution in [0, 0.1) is 0 Å². The Morgan fingerprint density at radius 2 is 2.00 bits per heavy atom. The molecule has 0 unspecified atom stereocenters. The van der Waals surface area contributed by atoms with Gasteiger partial charge in [-0.2, -0.15) is 0 Å². The number of hydrogen-bond donors (Lipinski definition) is 3.